The van der Waals surface area contributed by atoms with E-state index in [0.29, 0.717) is 0 Å². The van der Waals surface area contributed by atoms with Crippen molar-refractivity contribution in [2.45, 2.75) is 6.92 Å². The van der Waals surface area contributed by atoms with Gasteiger partial charge in [-0.15, -0.1) is 0 Å². The summed E-state index contributed by atoms with van der Waals surface area (Å²) in [4.78, 5) is 0. The zero-order valence-electron chi connectivity index (χ0n) is 5.52. The molecule has 1 radical (unpaired) electrons. The van der Waals surface area contributed by atoms with E-state index in [4.69, 9.17) is 0 Å². The molecule has 0 N–H and O–H groups in total. The molecule has 1 aromatic rings. The van der Waals surface area contributed by atoms with Gasteiger partial charge >= 0.3 is 0 Å². The predicted molar refractivity (Wildman–Crippen MR) is 39.2 cm³/mol. The lowest BCUT2D eigenvalue weighted by molar-refractivity contribution is 1.44. The van der Waals surface area contributed by atoms with Crippen LogP contribution in [0.2, 0.25) is 0 Å². The third kappa shape index (κ3) is 1.43. The Kier molecular flexibility index (Phi) is 1.69. The normalized spacial score (nSPS) is 9.00. The van der Waals surface area contributed by atoms with Gasteiger partial charge < -0.3 is 0 Å². The molecular formula is C9H9. The lowest BCUT2D eigenvalue weighted by atomic mass is 10.2. The molecule has 0 aliphatic heterocycles. The van der Waals surface area contributed by atoms with Crippen LogP contribution in [0, 0.1) is 13.0 Å². The van der Waals surface area contributed by atoms with Crippen LogP contribution in [-0.4, -0.2) is 0 Å². The molecule has 0 aliphatic carbocycles. The van der Waals surface area contributed by atoms with E-state index in [1.807, 2.05) is 24.3 Å². The Morgan fingerprint density at radius 1 is 1.22 bits per heavy atom. The number of rotatable bonds is 1. The van der Waals surface area contributed by atoms with Crippen LogP contribution in [0.3, 0.4) is 0 Å². The third-order valence-electron chi connectivity index (χ3n) is 1.26. The Labute approximate surface area is 55.8 Å². The summed E-state index contributed by atoms with van der Waals surface area (Å²) in [6, 6.07) is 8.10. The van der Waals surface area contributed by atoms with Crippen molar-refractivity contribution in [3.63, 3.8) is 0 Å². The summed E-state index contributed by atoms with van der Waals surface area (Å²) in [6.45, 7) is 5.60. The molecular weight excluding hydrogens is 108 g/mol. The van der Waals surface area contributed by atoms with Crippen LogP contribution < -0.4 is 0 Å². The summed E-state index contributed by atoms with van der Waals surface area (Å²) in [5, 5.41) is 0. The van der Waals surface area contributed by atoms with Crippen LogP contribution in [-0.2, 0) is 0 Å². The number of aryl methyl sites for hydroxylation is 1. The van der Waals surface area contributed by atoms with Gasteiger partial charge in [-0.05, 0) is 18.6 Å². The van der Waals surface area contributed by atoms with Crippen LogP contribution in [0.15, 0.2) is 30.8 Å². The van der Waals surface area contributed by atoms with Gasteiger partial charge in [-0.2, -0.15) is 0 Å². The van der Waals surface area contributed by atoms with Crippen molar-refractivity contribution in [1.29, 1.82) is 0 Å². The van der Waals surface area contributed by atoms with Crippen molar-refractivity contribution in [2.75, 3.05) is 0 Å². The largest absolute Gasteiger partial charge is 0.0906 e. The van der Waals surface area contributed by atoms with Crippen molar-refractivity contribution in [2.24, 2.45) is 0 Å². The van der Waals surface area contributed by atoms with Gasteiger partial charge in [-0.1, -0.05) is 36.4 Å². The molecule has 0 amide bonds. The second-order valence-corrected chi connectivity index (χ2v) is 2.04. The minimum absolute atomic E-state index is 1.06. The highest BCUT2D eigenvalue weighted by Crippen LogP contribution is 2.01. The zero-order chi connectivity index (χ0) is 6.69. The molecule has 0 unspecified atom stereocenters. The molecule has 0 aliphatic rings. The lowest BCUT2D eigenvalue weighted by Gasteiger charge is -1.90. The second-order valence-electron chi connectivity index (χ2n) is 2.04. The molecule has 45 valence electrons. The molecule has 0 heterocycles. The molecule has 0 saturated heterocycles. The quantitative estimate of drug-likeness (QED) is 0.529. The van der Waals surface area contributed by atoms with Crippen molar-refractivity contribution in [1.82, 2.24) is 0 Å². The van der Waals surface area contributed by atoms with E-state index in [2.05, 4.69) is 19.6 Å². The molecule has 0 fully saturated rings. The summed E-state index contributed by atoms with van der Waals surface area (Å²) in [5.74, 6) is 0. The maximum absolute atomic E-state index is 3.54. The summed E-state index contributed by atoms with van der Waals surface area (Å²) in [5.41, 5.74) is 2.33. The highest BCUT2D eigenvalue weighted by atomic mass is 13.9. The van der Waals surface area contributed by atoms with Crippen molar-refractivity contribution in [3.8, 4) is 0 Å². The lowest BCUT2D eigenvalue weighted by Crippen LogP contribution is -1.72. The summed E-state index contributed by atoms with van der Waals surface area (Å²) < 4.78 is 0. The SMILES string of the molecule is C=[C]c1ccc(C)cc1. The van der Waals surface area contributed by atoms with Crippen LogP contribution in [0.25, 0.3) is 0 Å². The smallest absolute Gasteiger partial charge is 0.0183 e. The van der Waals surface area contributed by atoms with E-state index in [0.717, 1.165) is 5.56 Å². The Morgan fingerprint density at radius 2 is 1.78 bits per heavy atom. The molecule has 9 heavy (non-hydrogen) atoms. The fraction of sp³-hybridized carbons (Fsp3) is 0.111. The minimum atomic E-state index is 1.06. The monoisotopic (exact) mass is 117 g/mol. The van der Waals surface area contributed by atoms with E-state index in [-0.39, 0.29) is 0 Å². The van der Waals surface area contributed by atoms with Gasteiger partial charge in [-0.3, -0.25) is 0 Å². The van der Waals surface area contributed by atoms with Gasteiger partial charge in [0.05, 0.1) is 0 Å². The topological polar surface area (TPSA) is 0 Å². The number of hydrogen-bond donors (Lipinski definition) is 0. The van der Waals surface area contributed by atoms with Gasteiger partial charge in [0, 0.05) is 0 Å². The van der Waals surface area contributed by atoms with E-state index in [1.165, 1.54) is 5.56 Å². The van der Waals surface area contributed by atoms with E-state index >= 15 is 0 Å². The average molecular weight is 117 g/mol. The minimum Gasteiger partial charge on any atom is -0.0906 e. The first-order chi connectivity index (χ1) is 4.33. The molecule has 0 atom stereocenters. The molecule has 0 nitrogen and oxygen atoms in total. The van der Waals surface area contributed by atoms with E-state index in [9.17, 15) is 0 Å². The van der Waals surface area contributed by atoms with E-state index < -0.39 is 0 Å². The zero-order valence-corrected chi connectivity index (χ0v) is 5.52. The first kappa shape index (κ1) is 6.09. The van der Waals surface area contributed by atoms with Crippen molar-refractivity contribution < 1.29 is 0 Å². The molecule has 0 saturated carbocycles. The average Bonchev–Trinajstić information content (AvgIpc) is 1.90. The Hall–Kier alpha value is -1.04. The van der Waals surface area contributed by atoms with Crippen LogP contribution in [0.1, 0.15) is 11.1 Å². The predicted octanol–water partition coefficient (Wildman–Crippen LogP) is 2.33. The molecule has 0 bridgehead atoms. The Balaban J connectivity index is 3.01. The Morgan fingerprint density at radius 3 is 2.22 bits per heavy atom. The van der Waals surface area contributed by atoms with Gasteiger partial charge in [0.2, 0.25) is 0 Å². The van der Waals surface area contributed by atoms with Crippen LogP contribution in [0.4, 0.5) is 0 Å². The standard InChI is InChI=1S/C9H9/c1-3-9-6-4-8(2)5-7-9/h4-7H,1H2,2H3. The molecule has 0 aromatic heterocycles. The third-order valence-corrected chi connectivity index (χ3v) is 1.26. The van der Waals surface area contributed by atoms with Crippen LogP contribution >= 0.6 is 0 Å². The maximum Gasteiger partial charge on any atom is -0.0183 e. The highest BCUT2D eigenvalue weighted by Gasteiger charge is 1.82. The molecule has 1 rings (SSSR count). The fourth-order valence-electron chi connectivity index (χ4n) is 0.671. The Bertz CT molecular complexity index is 194. The van der Waals surface area contributed by atoms with Crippen molar-refractivity contribution >= 4 is 0 Å². The fourth-order valence-corrected chi connectivity index (χ4v) is 0.671. The van der Waals surface area contributed by atoms with Gasteiger partial charge in [0.1, 0.15) is 0 Å². The summed E-state index contributed by atoms with van der Waals surface area (Å²) in [7, 11) is 0. The second kappa shape index (κ2) is 2.49. The molecule has 0 heteroatoms. The van der Waals surface area contributed by atoms with Crippen molar-refractivity contribution in [3.05, 3.63) is 48.0 Å². The highest BCUT2D eigenvalue weighted by molar-refractivity contribution is 5.25. The van der Waals surface area contributed by atoms with Gasteiger partial charge in [-0.25, -0.2) is 0 Å². The first-order valence-corrected chi connectivity index (χ1v) is 2.92. The summed E-state index contributed by atoms with van der Waals surface area (Å²) >= 11 is 0. The number of hydrogen-bond acceptors (Lipinski definition) is 0. The summed E-state index contributed by atoms with van der Waals surface area (Å²) in [6.07, 6.45) is 2.80. The van der Waals surface area contributed by atoms with Crippen LogP contribution in [0.5, 0.6) is 0 Å². The molecule has 0 spiro atoms. The molecule has 1 aromatic carbocycles. The number of benzene rings is 1. The maximum atomic E-state index is 3.54. The van der Waals surface area contributed by atoms with E-state index in [1.54, 1.807) is 0 Å². The van der Waals surface area contributed by atoms with Gasteiger partial charge in [0.15, 0.2) is 0 Å². The van der Waals surface area contributed by atoms with Gasteiger partial charge in [0.25, 0.3) is 0 Å². The first-order valence-electron chi connectivity index (χ1n) is 2.92.